The van der Waals surface area contributed by atoms with Gasteiger partial charge >= 0.3 is 5.97 Å². The van der Waals surface area contributed by atoms with Gasteiger partial charge in [0, 0.05) is 4.47 Å². The summed E-state index contributed by atoms with van der Waals surface area (Å²) in [5, 5.41) is 19.5. The Kier molecular flexibility index (Phi) is 4.82. The first-order valence-electron chi connectivity index (χ1n) is 7.29. The van der Waals surface area contributed by atoms with Gasteiger partial charge in [-0.1, -0.05) is 24.3 Å². The number of aromatic nitrogens is 2. The molecule has 0 aliphatic carbocycles. The lowest BCUT2D eigenvalue weighted by Crippen LogP contribution is -2.10. The van der Waals surface area contributed by atoms with Gasteiger partial charge < -0.3 is 14.8 Å². The summed E-state index contributed by atoms with van der Waals surface area (Å²) in [6.07, 6.45) is 0. The van der Waals surface area contributed by atoms with Crippen LogP contribution in [0.2, 0.25) is 0 Å². The molecule has 0 aliphatic heterocycles. The first kappa shape index (κ1) is 16.7. The number of fused-ring (bicyclic) bond motifs is 1. The molecule has 2 N–H and O–H groups in total. The Morgan fingerprint density at radius 3 is 2.68 bits per heavy atom. The number of allylic oxidation sites excluding steroid dienone is 1. The van der Waals surface area contributed by atoms with E-state index in [-0.39, 0.29) is 17.2 Å². The number of benzene rings is 2. The fourth-order valence-corrected chi connectivity index (χ4v) is 2.68. The van der Waals surface area contributed by atoms with Crippen molar-refractivity contribution in [2.24, 2.45) is 0 Å². The standard InChI is InChI=1S/C18H12BrN3O3/c19-13-6-2-1-5-11(13)18(24)25-10-16(23)12(9-20)17-21-14-7-3-4-8-15(14)22-17/h1-8,23H,10H2,(H,21,22)/b16-12-. The number of carbonyl (C=O) groups excluding carboxylic acids is 1. The average Bonchev–Trinajstić information content (AvgIpc) is 3.04. The fourth-order valence-electron chi connectivity index (χ4n) is 2.24. The topological polar surface area (TPSA) is 99.0 Å². The summed E-state index contributed by atoms with van der Waals surface area (Å²) in [7, 11) is 0. The van der Waals surface area contributed by atoms with Crippen LogP contribution in [0.15, 0.2) is 58.8 Å². The van der Waals surface area contributed by atoms with E-state index in [4.69, 9.17) is 4.74 Å². The molecule has 3 rings (SSSR count). The summed E-state index contributed by atoms with van der Waals surface area (Å²) in [4.78, 5) is 19.3. The van der Waals surface area contributed by atoms with Gasteiger partial charge in [0.05, 0.1) is 16.6 Å². The number of ether oxygens (including phenoxy) is 1. The number of nitrogens with zero attached hydrogens (tertiary/aromatic N) is 2. The zero-order chi connectivity index (χ0) is 17.8. The molecule has 124 valence electrons. The molecule has 0 spiro atoms. The molecule has 25 heavy (non-hydrogen) atoms. The van der Waals surface area contributed by atoms with Crippen molar-refractivity contribution >= 4 is 38.5 Å². The van der Waals surface area contributed by atoms with Crippen molar-refractivity contribution in [3.05, 3.63) is 70.2 Å². The molecule has 0 fully saturated rings. The van der Waals surface area contributed by atoms with Crippen LogP contribution < -0.4 is 0 Å². The third kappa shape index (κ3) is 3.54. The third-order valence-electron chi connectivity index (χ3n) is 3.46. The van der Waals surface area contributed by atoms with E-state index in [0.29, 0.717) is 15.6 Å². The lowest BCUT2D eigenvalue weighted by Gasteiger charge is -2.06. The summed E-state index contributed by atoms with van der Waals surface area (Å²) in [5.41, 5.74) is 1.67. The van der Waals surface area contributed by atoms with E-state index >= 15 is 0 Å². The van der Waals surface area contributed by atoms with Gasteiger partial charge in [-0.15, -0.1) is 0 Å². The van der Waals surface area contributed by atoms with Crippen LogP contribution in [0, 0.1) is 11.3 Å². The second kappa shape index (κ2) is 7.20. The molecule has 0 saturated heterocycles. The van der Waals surface area contributed by atoms with Crippen molar-refractivity contribution < 1.29 is 14.6 Å². The molecule has 3 aromatic rings. The normalized spacial score (nSPS) is 11.7. The SMILES string of the molecule is N#C/C(=C(/O)COC(=O)c1ccccc1Br)c1nc2ccccc2[nH]1. The smallest absolute Gasteiger partial charge is 0.339 e. The monoisotopic (exact) mass is 397 g/mol. The van der Waals surface area contributed by atoms with Gasteiger partial charge in [0.1, 0.15) is 18.2 Å². The summed E-state index contributed by atoms with van der Waals surface area (Å²) >= 11 is 3.26. The Balaban J connectivity index is 1.81. The third-order valence-corrected chi connectivity index (χ3v) is 4.15. The molecular formula is C18H12BrN3O3. The average molecular weight is 398 g/mol. The van der Waals surface area contributed by atoms with E-state index in [1.165, 1.54) is 0 Å². The van der Waals surface area contributed by atoms with Crippen LogP contribution >= 0.6 is 15.9 Å². The quantitative estimate of drug-likeness (QED) is 0.394. The molecule has 1 aromatic heterocycles. The van der Waals surface area contributed by atoms with Gasteiger partial charge in [0.25, 0.3) is 0 Å². The second-order valence-corrected chi connectivity index (χ2v) is 5.95. The maximum Gasteiger partial charge on any atom is 0.339 e. The van der Waals surface area contributed by atoms with Crippen LogP contribution in [0.25, 0.3) is 16.6 Å². The first-order valence-corrected chi connectivity index (χ1v) is 8.08. The number of rotatable bonds is 4. The Labute approximate surface area is 151 Å². The van der Waals surface area contributed by atoms with Crippen molar-refractivity contribution in [3.8, 4) is 6.07 Å². The van der Waals surface area contributed by atoms with E-state index in [1.807, 2.05) is 24.3 Å². The predicted molar refractivity (Wildman–Crippen MR) is 95.7 cm³/mol. The molecule has 6 nitrogen and oxygen atoms in total. The summed E-state index contributed by atoms with van der Waals surface area (Å²) in [5.74, 6) is -0.763. The van der Waals surface area contributed by atoms with E-state index in [0.717, 1.165) is 5.52 Å². The van der Waals surface area contributed by atoms with Crippen LogP contribution in [0.4, 0.5) is 0 Å². The molecule has 2 aromatic carbocycles. The summed E-state index contributed by atoms with van der Waals surface area (Å²) in [6.45, 7) is -0.430. The molecule has 0 unspecified atom stereocenters. The number of aromatic amines is 1. The minimum absolute atomic E-state index is 0.0730. The highest BCUT2D eigenvalue weighted by atomic mass is 79.9. The van der Waals surface area contributed by atoms with Crippen molar-refractivity contribution in [1.82, 2.24) is 9.97 Å². The number of imidazole rings is 1. The van der Waals surface area contributed by atoms with Gasteiger partial charge in [-0.2, -0.15) is 5.26 Å². The van der Waals surface area contributed by atoms with Gasteiger partial charge in [0.2, 0.25) is 0 Å². The van der Waals surface area contributed by atoms with E-state index in [1.54, 1.807) is 30.3 Å². The van der Waals surface area contributed by atoms with Crippen molar-refractivity contribution in [3.63, 3.8) is 0 Å². The predicted octanol–water partition coefficient (Wildman–Crippen LogP) is 3.98. The Morgan fingerprint density at radius 1 is 1.24 bits per heavy atom. The molecular weight excluding hydrogens is 386 g/mol. The Bertz CT molecular complexity index is 985. The maximum absolute atomic E-state index is 12.1. The second-order valence-electron chi connectivity index (χ2n) is 5.09. The van der Waals surface area contributed by atoms with Gasteiger partial charge in [-0.3, -0.25) is 0 Å². The lowest BCUT2D eigenvalue weighted by molar-refractivity contribution is 0.0501. The molecule has 0 radical (unpaired) electrons. The van der Waals surface area contributed by atoms with E-state index < -0.39 is 12.6 Å². The van der Waals surface area contributed by atoms with E-state index in [2.05, 4.69) is 25.9 Å². The summed E-state index contributed by atoms with van der Waals surface area (Å²) in [6, 6.07) is 15.9. The van der Waals surface area contributed by atoms with E-state index in [9.17, 15) is 15.2 Å². The number of hydrogen-bond acceptors (Lipinski definition) is 5. The van der Waals surface area contributed by atoms with Gasteiger partial charge in [0.15, 0.2) is 11.6 Å². The number of para-hydroxylation sites is 2. The minimum atomic E-state index is -0.610. The summed E-state index contributed by atoms with van der Waals surface area (Å²) < 4.78 is 5.66. The molecule has 0 bridgehead atoms. The highest BCUT2D eigenvalue weighted by Gasteiger charge is 2.16. The van der Waals surface area contributed by atoms with Gasteiger partial charge in [-0.25, -0.2) is 9.78 Å². The number of aliphatic hydroxyl groups excluding tert-OH is 1. The fraction of sp³-hybridized carbons (Fsp3) is 0.0556. The highest BCUT2D eigenvalue weighted by Crippen LogP contribution is 2.20. The van der Waals surface area contributed by atoms with Crippen LogP contribution in [0.3, 0.4) is 0 Å². The van der Waals surface area contributed by atoms with Crippen LogP contribution in [0.1, 0.15) is 16.2 Å². The van der Waals surface area contributed by atoms with Crippen molar-refractivity contribution in [1.29, 1.82) is 5.26 Å². The number of halogens is 1. The van der Waals surface area contributed by atoms with Crippen LogP contribution in [-0.4, -0.2) is 27.7 Å². The minimum Gasteiger partial charge on any atom is -0.507 e. The largest absolute Gasteiger partial charge is 0.507 e. The molecule has 0 aliphatic rings. The highest BCUT2D eigenvalue weighted by molar-refractivity contribution is 9.10. The maximum atomic E-state index is 12.1. The number of nitrogens with one attached hydrogen (secondary N) is 1. The Morgan fingerprint density at radius 2 is 1.96 bits per heavy atom. The molecule has 0 saturated carbocycles. The number of aliphatic hydroxyl groups is 1. The first-order chi connectivity index (χ1) is 12.1. The Hall–Kier alpha value is -3.11. The zero-order valence-corrected chi connectivity index (χ0v) is 14.4. The van der Waals surface area contributed by atoms with Gasteiger partial charge in [-0.05, 0) is 40.2 Å². The van der Waals surface area contributed by atoms with Crippen molar-refractivity contribution in [2.45, 2.75) is 0 Å². The number of esters is 1. The number of carbonyl (C=O) groups is 1. The van der Waals surface area contributed by atoms with Crippen LogP contribution in [0.5, 0.6) is 0 Å². The zero-order valence-electron chi connectivity index (χ0n) is 12.9. The number of hydrogen-bond donors (Lipinski definition) is 2. The number of H-pyrrole nitrogens is 1. The molecule has 0 atom stereocenters. The van der Waals surface area contributed by atoms with Crippen LogP contribution in [-0.2, 0) is 4.74 Å². The number of nitriles is 1. The van der Waals surface area contributed by atoms with Crippen molar-refractivity contribution in [2.75, 3.05) is 6.61 Å². The molecule has 0 amide bonds. The molecule has 1 heterocycles. The lowest BCUT2D eigenvalue weighted by atomic mass is 10.2. The molecule has 7 heteroatoms.